The second-order valence-corrected chi connectivity index (χ2v) is 8.64. The molecule has 2 aliphatic rings. The predicted molar refractivity (Wildman–Crippen MR) is 129 cm³/mol. The summed E-state index contributed by atoms with van der Waals surface area (Å²) in [7, 11) is 0. The fourth-order valence-corrected chi connectivity index (χ4v) is 4.65. The van der Waals surface area contributed by atoms with Gasteiger partial charge in [0.15, 0.2) is 5.76 Å². The second kappa shape index (κ2) is 9.38. The first-order chi connectivity index (χ1) is 16.8. The summed E-state index contributed by atoms with van der Waals surface area (Å²) in [6.45, 7) is 1.93. The van der Waals surface area contributed by atoms with Gasteiger partial charge >= 0.3 is 0 Å². The van der Waals surface area contributed by atoms with Crippen LogP contribution < -0.4 is 10.6 Å². The second-order valence-electron chi connectivity index (χ2n) is 8.64. The van der Waals surface area contributed by atoms with Crippen LogP contribution in [0, 0.1) is 0 Å². The van der Waals surface area contributed by atoms with E-state index in [1.165, 1.54) is 16.7 Å². The van der Waals surface area contributed by atoms with Crippen molar-refractivity contribution in [2.24, 2.45) is 0 Å². The van der Waals surface area contributed by atoms with Gasteiger partial charge in [0.25, 0.3) is 0 Å². The van der Waals surface area contributed by atoms with Crippen LogP contribution in [0.4, 0.5) is 5.95 Å². The third-order valence-electron chi connectivity index (χ3n) is 6.43. The monoisotopic (exact) mass is 454 g/mol. The van der Waals surface area contributed by atoms with E-state index in [4.69, 9.17) is 13.9 Å². The number of benzene rings is 2. The van der Waals surface area contributed by atoms with E-state index in [0.717, 1.165) is 12.2 Å². The third-order valence-corrected chi connectivity index (χ3v) is 6.43. The van der Waals surface area contributed by atoms with Crippen LogP contribution in [0.3, 0.4) is 0 Å². The Kier molecular flexibility index (Phi) is 5.81. The van der Waals surface area contributed by atoms with Gasteiger partial charge in [0.05, 0.1) is 31.6 Å². The first-order valence-corrected chi connectivity index (χ1v) is 11.6. The molecular formula is C27H26N4O3. The van der Waals surface area contributed by atoms with E-state index in [0.29, 0.717) is 24.9 Å². The van der Waals surface area contributed by atoms with Gasteiger partial charge in [0, 0.05) is 12.7 Å². The zero-order valence-electron chi connectivity index (χ0n) is 18.6. The molecule has 7 nitrogen and oxygen atoms in total. The summed E-state index contributed by atoms with van der Waals surface area (Å²) >= 11 is 0. The molecule has 2 saturated heterocycles. The molecule has 2 aromatic heterocycles. The lowest BCUT2D eigenvalue weighted by Crippen LogP contribution is -2.41. The molecular weight excluding hydrogens is 428 g/mol. The highest BCUT2D eigenvalue weighted by Crippen LogP contribution is 2.29. The maximum atomic E-state index is 6.12. The summed E-state index contributed by atoms with van der Waals surface area (Å²) in [5.41, 5.74) is 4.42. The summed E-state index contributed by atoms with van der Waals surface area (Å²) in [6.07, 6.45) is 3.31. The molecule has 0 saturated carbocycles. The van der Waals surface area contributed by atoms with Crippen molar-refractivity contribution in [1.29, 1.82) is 0 Å². The lowest BCUT2D eigenvalue weighted by Gasteiger charge is -2.18. The van der Waals surface area contributed by atoms with Crippen LogP contribution in [0.25, 0.3) is 22.6 Å². The van der Waals surface area contributed by atoms with Gasteiger partial charge in [-0.3, -0.25) is 0 Å². The van der Waals surface area contributed by atoms with E-state index in [-0.39, 0.29) is 24.3 Å². The SMILES string of the molecule is c1ccc(-c2ccc(CN[C@@H]3CO[C@@H]4[C@@H]3OC[C@@H]4Nc3nccc(-c4ccco4)n3)cc2)cc1. The van der Waals surface area contributed by atoms with Crippen molar-refractivity contribution in [3.05, 3.63) is 90.8 Å². The average molecular weight is 455 g/mol. The molecule has 2 N–H and O–H groups in total. The Labute approximate surface area is 198 Å². The standard InChI is InChI=1S/C27H26N4O3/c1-2-5-19(6-3-1)20-10-8-18(9-11-20)15-29-22-16-33-26-23(17-34-25(22)26)31-27-28-13-12-21(30-27)24-7-4-14-32-24/h1-14,22-23,25-26,29H,15-17H2,(H,28,30,31)/t22-,23+,25-,26+/m1/s1. The molecule has 7 heteroatoms. The fourth-order valence-electron chi connectivity index (χ4n) is 4.65. The van der Waals surface area contributed by atoms with Crippen LogP contribution in [0.15, 0.2) is 89.7 Å². The highest BCUT2D eigenvalue weighted by molar-refractivity contribution is 5.63. The van der Waals surface area contributed by atoms with Crippen molar-refractivity contribution in [3.8, 4) is 22.6 Å². The van der Waals surface area contributed by atoms with Crippen LogP contribution in [-0.4, -0.2) is 47.5 Å². The fraction of sp³-hybridized carbons (Fsp3) is 0.259. The summed E-state index contributed by atoms with van der Waals surface area (Å²) in [5.74, 6) is 1.26. The number of furan rings is 1. The van der Waals surface area contributed by atoms with Crippen molar-refractivity contribution >= 4 is 5.95 Å². The maximum absolute atomic E-state index is 6.12. The number of fused-ring (bicyclic) bond motifs is 1. The van der Waals surface area contributed by atoms with E-state index in [1.54, 1.807) is 12.5 Å². The Morgan fingerprint density at radius 3 is 2.35 bits per heavy atom. The minimum atomic E-state index is -0.0474. The molecule has 4 aromatic rings. The molecule has 0 unspecified atom stereocenters. The first kappa shape index (κ1) is 21.0. The zero-order valence-corrected chi connectivity index (χ0v) is 18.6. The number of ether oxygens (including phenoxy) is 2. The van der Waals surface area contributed by atoms with Crippen molar-refractivity contribution in [2.45, 2.75) is 30.8 Å². The lowest BCUT2D eigenvalue weighted by molar-refractivity contribution is 0.0675. The van der Waals surface area contributed by atoms with Crippen LogP contribution in [-0.2, 0) is 16.0 Å². The maximum Gasteiger partial charge on any atom is 0.223 e. The molecule has 172 valence electrons. The van der Waals surface area contributed by atoms with Gasteiger partial charge in [-0.2, -0.15) is 0 Å². The molecule has 2 fully saturated rings. The van der Waals surface area contributed by atoms with Crippen molar-refractivity contribution in [2.75, 3.05) is 18.5 Å². The highest BCUT2D eigenvalue weighted by Gasteiger charge is 2.47. The molecule has 0 bridgehead atoms. The lowest BCUT2D eigenvalue weighted by atomic mass is 10.0. The highest BCUT2D eigenvalue weighted by atomic mass is 16.6. The molecule has 2 aliphatic heterocycles. The zero-order chi connectivity index (χ0) is 22.7. The number of hydrogen-bond donors (Lipinski definition) is 2. The molecule has 6 rings (SSSR count). The number of nitrogens with one attached hydrogen (secondary N) is 2. The summed E-state index contributed by atoms with van der Waals surface area (Å²) < 4.78 is 17.7. The minimum Gasteiger partial charge on any atom is -0.463 e. The molecule has 0 aliphatic carbocycles. The van der Waals surface area contributed by atoms with Crippen LogP contribution in [0.5, 0.6) is 0 Å². The Morgan fingerprint density at radius 2 is 1.56 bits per heavy atom. The van der Waals surface area contributed by atoms with Gasteiger partial charge in [-0.05, 0) is 34.9 Å². The Morgan fingerprint density at radius 1 is 0.794 bits per heavy atom. The summed E-state index contributed by atoms with van der Waals surface area (Å²) in [6, 6.07) is 24.8. The van der Waals surface area contributed by atoms with Crippen molar-refractivity contribution in [1.82, 2.24) is 15.3 Å². The van der Waals surface area contributed by atoms with Gasteiger partial charge in [-0.15, -0.1) is 0 Å². The van der Waals surface area contributed by atoms with E-state index in [1.807, 2.05) is 24.3 Å². The smallest absolute Gasteiger partial charge is 0.223 e. The van der Waals surface area contributed by atoms with E-state index < -0.39 is 0 Å². The molecule has 4 heterocycles. The molecule has 0 radical (unpaired) electrons. The summed E-state index contributed by atoms with van der Waals surface area (Å²) in [5, 5.41) is 7.01. The molecule has 2 aromatic carbocycles. The molecule has 4 atom stereocenters. The number of nitrogens with zero attached hydrogens (tertiary/aromatic N) is 2. The third kappa shape index (κ3) is 4.33. The Hall–Kier alpha value is -3.52. The van der Waals surface area contributed by atoms with Gasteiger partial charge < -0.3 is 24.5 Å². The largest absolute Gasteiger partial charge is 0.463 e. The topological polar surface area (TPSA) is 81.4 Å². The van der Waals surface area contributed by atoms with E-state index >= 15 is 0 Å². The normalized spacial score (nSPS) is 23.6. The van der Waals surface area contributed by atoms with Gasteiger partial charge in [0.1, 0.15) is 17.9 Å². The Bertz CT molecular complexity index is 1210. The van der Waals surface area contributed by atoms with Crippen LogP contribution in [0.1, 0.15) is 5.56 Å². The Balaban J connectivity index is 1.05. The van der Waals surface area contributed by atoms with E-state index in [2.05, 4.69) is 69.1 Å². The summed E-state index contributed by atoms with van der Waals surface area (Å²) in [4.78, 5) is 8.93. The molecule has 0 amide bonds. The first-order valence-electron chi connectivity index (χ1n) is 11.6. The minimum absolute atomic E-state index is 0.00523. The van der Waals surface area contributed by atoms with Gasteiger partial charge in [-0.1, -0.05) is 54.6 Å². The van der Waals surface area contributed by atoms with Crippen LogP contribution >= 0.6 is 0 Å². The van der Waals surface area contributed by atoms with Crippen molar-refractivity contribution in [3.63, 3.8) is 0 Å². The van der Waals surface area contributed by atoms with E-state index in [9.17, 15) is 0 Å². The number of hydrogen-bond acceptors (Lipinski definition) is 7. The number of rotatable bonds is 7. The van der Waals surface area contributed by atoms with Gasteiger partial charge in [0.2, 0.25) is 5.95 Å². The average Bonchev–Trinajstić information content (AvgIpc) is 3.64. The quantitative estimate of drug-likeness (QED) is 0.434. The van der Waals surface area contributed by atoms with Crippen LogP contribution in [0.2, 0.25) is 0 Å². The molecule has 34 heavy (non-hydrogen) atoms. The predicted octanol–water partition coefficient (Wildman–Crippen LogP) is 4.14. The van der Waals surface area contributed by atoms with Gasteiger partial charge in [-0.25, -0.2) is 9.97 Å². The number of aromatic nitrogens is 2. The molecule has 0 spiro atoms. The number of anilines is 1. The van der Waals surface area contributed by atoms with Crippen molar-refractivity contribution < 1.29 is 13.9 Å².